The Labute approximate surface area is 189 Å². The van der Waals surface area contributed by atoms with E-state index in [4.69, 9.17) is 25.8 Å². The number of thiophene rings is 1. The Morgan fingerprint density at radius 1 is 1.23 bits per heavy atom. The van der Waals surface area contributed by atoms with Crippen LogP contribution in [-0.4, -0.2) is 62.7 Å². The summed E-state index contributed by atoms with van der Waals surface area (Å²) < 4.78 is 15.7. The van der Waals surface area contributed by atoms with Gasteiger partial charge in [0.15, 0.2) is 6.61 Å². The Morgan fingerprint density at radius 2 is 1.94 bits per heavy atom. The molecule has 0 aliphatic carbocycles. The molecule has 0 radical (unpaired) electrons. The van der Waals surface area contributed by atoms with E-state index in [2.05, 4.69) is 5.32 Å². The fraction of sp³-hybridized carbons (Fsp3) is 0.381. The molecule has 0 saturated carbocycles. The standard InChI is InChI=1S/C21H23ClN2O6S/c1-12-10-14(22)4-5-15(12)30-11-16(25)23-19-17(21(27)28-3)13(2)18(31-19)20(26)24-6-8-29-9-7-24/h4-5,10H,6-9,11H2,1-3H3,(H,23,25). The number of amides is 2. The molecule has 0 atom stereocenters. The van der Waals surface area contributed by atoms with Gasteiger partial charge in [-0.2, -0.15) is 0 Å². The van der Waals surface area contributed by atoms with Crippen molar-refractivity contribution >= 4 is 45.7 Å². The topological polar surface area (TPSA) is 94.2 Å². The Hall–Kier alpha value is -2.62. The molecular weight excluding hydrogens is 444 g/mol. The minimum atomic E-state index is -0.625. The number of ether oxygens (including phenoxy) is 3. The first-order valence-electron chi connectivity index (χ1n) is 9.59. The third-order valence-electron chi connectivity index (χ3n) is 4.78. The van der Waals surface area contributed by atoms with Gasteiger partial charge in [0.1, 0.15) is 10.8 Å². The fourth-order valence-electron chi connectivity index (χ4n) is 3.14. The molecule has 1 N–H and O–H groups in total. The lowest BCUT2D eigenvalue weighted by atomic mass is 10.1. The van der Waals surface area contributed by atoms with Crippen molar-refractivity contribution in [2.24, 2.45) is 0 Å². The number of hydrogen-bond donors (Lipinski definition) is 1. The minimum Gasteiger partial charge on any atom is -0.483 e. The van der Waals surface area contributed by atoms with Crippen LogP contribution in [0.1, 0.15) is 31.2 Å². The van der Waals surface area contributed by atoms with Crippen molar-refractivity contribution in [1.82, 2.24) is 4.90 Å². The largest absolute Gasteiger partial charge is 0.483 e. The number of hydrogen-bond acceptors (Lipinski definition) is 7. The molecule has 1 aromatic heterocycles. The lowest BCUT2D eigenvalue weighted by molar-refractivity contribution is -0.118. The molecule has 1 aliphatic heterocycles. The molecule has 0 spiro atoms. The molecule has 3 rings (SSSR count). The summed E-state index contributed by atoms with van der Waals surface area (Å²) in [5, 5.41) is 3.50. The zero-order chi connectivity index (χ0) is 22.5. The molecular formula is C21H23ClN2O6S. The molecule has 2 aromatic rings. The van der Waals surface area contributed by atoms with Gasteiger partial charge in [0.05, 0.1) is 30.8 Å². The zero-order valence-electron chi connectivity index (χ0n) is 17.5. The number of carbonyl (C=O) groups is 3. The first-order chi connectivity index (χ1) is 14.8. The molecule has 1 aromatic carbocycles. The Balaban J connectivity index is 1.78. The lowest BCUT2D eigenvalue weighted by Crippen LogP contribution is -2.40. The SMILES string of the molecule is COC(=O)c1c(NC(=O)COc2ccc(Cl)cc2C)sc(C(=O)N2CCOCC2)c1C. The molecule has 2 heterocycles. The highest BCUT2D eigenvalue weighted by Crippen LogP contribution is 2.34. The van der Waals surface area contributed by atoms with Crippen LogP contribution in [0.2, 0.25) is 5.02 Å². The molecule has 2 amide bonds. The molecule has 1 aliphatic rings. The fourth-order valence-corrected chi connectivity index (χ4v) is 4.55. The van der Waals surface area contributed by atoms with E-state index in [-0.39, 0.29) is 23.1 Å². The van der Waals surface area contributed by atoms with Crippen LogP contribution in [0.25, 0.3) is 0 Å². The van der Waals surface area contributed by atoms with Gasteiger partial charge < -0.3 is 24.4 Å². The zero-order valence-corrected chi connectivity index (χ0v) is 19.0. The van der Waals surface area contributed by atoms with Crippen molar-refractivity contribution in [1.29, 1.82) is 0 Å². The van der Waals surface area contributed by atoms with Gasteiger partial charge in [-0.1, -0.05) is 11.6 Å². The van der Waals surface area contributed by atoms with Crippen LogP contribution in [0.15, 0.2) is 18.2 Å². The number of esters is 1. The normalized spacial score (nSPS) is 13.6. The van der Waals surface area contributed by atoms with Gasteiger partial charge in [0.25, 0.3) is 11.8 Å². The van der Waals surface area contributed by atoms with Crippen molar-refractivity contribution in [3.05, 3.63) is 44.8 Å². The first-order valence-corrected chi connectivity index (χ1v) is 10.8. The van der Waals surface area contributed by atoms with Crippen molar-refractivity contribution in [2.75, 3.05) is 45.3 Å². The molecule has 10 heteroatoms. The summed E-state index contributed by atoms with van der Waals surface area (Å²) in [6, 6.07) is 5.08. The van der Waals surface area contributed by atoms with Crippen molar-refractivity contribution in [3.63, 3.8) is 0 Å². The van der Waals surface area contributed by atoms with Crippen LogP contribution in [-0.2, 0) is 14.3 Å². The summed E-state index contributed by atoms with van der Waals surface area (Å²) in [5.74, 6) is -0.770. The van der Waals surface area contributed by atoms with Gasteiger partial charge in [-0.3, -0.25) is 9.59 Å². The third-order valence-corrected chi connectivity index (χ3v) is 6.21. The highest BCUT2D eigenvalue weighted by molar-refractivity contribution is 7.18. The van der Waals surface area contributed by atoms with E-state index in [0.29, 0.717) is 47.5 Å². The highest BCUT2D eigenvalue weighted by Gasteiger charge is 2.29. The number of nitrogens with zero attached hydrogens (tertiary/aromatic N) is 1. The van der Waals surface area contributed by atoms with Crippen molar-refractivity contribution in [2.45, 2.75) is 13.8 Å². The van der Waals surface area contributed by atoms with Crippen LogP contribution in [0.4, 0.5) is 5.00 Å². The summed E-state index contributed by atoms with van der Waals surface area (Å²) in [5.41, 5.74) is 1.43. The molecule has 8 nitrogen and oxygen atoms in total. The average Bonchev–Trinajstić information content (AvgIpc) is 3.08. The Kier molecular flexibility index (Phi) is 7.53. The lowest BCUT2D eigenvalue weighted by Gasteiger charge is -2.26. The number of morpholine rings is 1. The van der Waals surface area contributed by atoms with Crippen LogP contribution in [0.3, 0.4) is 0 Å². The first kappa shape index (κ1) is 23.1. The number of rotatable bonds is 6. The quantitative estimate of drug-likeness (QED) is 0.656. The number of nitrogens with one attached hydrogen (secondary N) is 1. The second-order valence-corrected chi connectivity index (χ2v) is 8.36. The molecule has 166 valence electrons. The smallest absolute Gasteiger partial charge is 0.341 e. The highest BCUT2D eigenvalue weighted by atomic mass is 35.5. The van der Waals surface area contributed by atoms with E-state index >= 15 is 0 Å². The predicted octanol–water partition coefficient (Wildman–Crippen LogP) is 3.29. The Bertz CT molecular complexity index is 1000. The maximum atomic E-state index is 12.9. The number of carbonyl (C=O) groups excluding carboxylic acids is 3. The Morgan fingerprint density at radius 3 is 2.58 bits per heavy atom. The number of anilines is 1. The number of methoxy groups -OCH3 is 1. The van der Waals surface area contributed by atoms with Crippen LogP contribution in [0, 0.1) is 13.8 Å². The second kappa shape index (κ2) is 10.1. The van der Waals surface area contributed by atoms with Gasteiger partial charge in [-0.15, -0.1) is 11.3 Å². The van der Waals surface area contributed by atoms with E-state index in [9.17, 15) is 14.4 Å². The number of aryl methyl sites for hydroxylation is 1. The molecule has 0 bridgehead atoms. The maximum Gasteiger partial charge on any atom is 0.341 e. The second-order valence-electron chi connectivity index (χ2n) is 6.90. The van der Waals surface area contributed by atoms with Gasteiger partial charge in [0.2, 0.25) is 0 Å². The summed E-state index contributed by atoms with van der Waals surface area (Å²) in [6.45, 7) is 5.09. The summed E-state index contributed by atoms with van der Waals surface area (Å²) in [7, 11) is 1.25. The molecule has 31 heavy (non-hydrogen) atoms. The molecule has 1 fully saturated rings. The monoisotopic (exact) mass is 466 g/mol. The predicted molar refractivity (Wildman–Crippen MR) is 117 cm³/mol. The van der Waals surface area contributed by atoms with Gasteiger partial charge in [-0.05, 0) is 43.2 Å². The van der Waals surface area contributed by atoms with Crippen LogP contribution < -0.4 is 10.1 Å². The van der Waals surface area contributed by atoms with Crippen LogP contribution in [0.5, 0.6) is 5.75 Å². The van der Waals surface area contributed by atoms with E-state index in [1.54, 1.807) is 30.0 Å². The van der Waals surface area contributed by atoms with Crippen molar-refractivity contribution < 1.29 is 28.6 Å². The number of halogens is 1. The van der Waals surface area contributed by atoms with E-state index in [1.165, 1.54) is 7.11 Å². The van der Waals surface area contributed by atoms with Crippen molar-refractivity contribution in [3.8, 4) is 5.75 Å². The minimum absolute atomic E-state index is 0.167. The van der Waals surface area contributed by atoms with Crippen LogP contribution >= 0.6 is 22.9 Å². The van der Waals surface area contributed by atoms with Gasteiger partial charge >= 0.3 is 5.97 Å². The summed E-state index contributed by atoms with van der Waals surface area (Å²) in [4.78, 5) is 39.8. The van der Waals surface area contributed by atoms with Gasteiger partial charge in [0, 0.05) is 18.1 Å². The third kappa shape index (κ3) is 5.36. The van der Waals surface area contributed by atoms with E-state index < -0.39 is 11.9 Å². The average molecular weight is 467 g/mol. The number of benzene rings is 1. The maximum absolute atomic E-state index is 12.9. The van der Waals surface area contributed by atoms with E-state index in [0.717, 1.165) is 16.9 Å². The summed E-state index contributed by atoms with van der Waals surface area (Å²) in [6.07, 6.45) is 0. The molecule has 1 saturated heterocycles. The molecule has 0 unspecified atom stereocenters. The van der Waals surface area contributed by atoms with Gasteiger partial charge in [-0.25, -0.2) is 4.79 Å². The van der Waals surface area contributed by atoms with E-state index in [1.807, 2.05) is 6.92 Å². The summed E-state index contributed by atoms with van der Waals surface area (Å²) >= 11 is 6.98.